The Morgan fingerprint density at radius 3 is 2.29 bits per heavy atom. The lowest BCUT2D eigenvalue weighted by Gasteiger charge is -2.36. The lowest BCUT2D eigenvalue weighted by molar-refractivity contribution is -0.131. The van der Waals surface area contributed by atoms with E-state index in [0.29, 0.717) is 12.1 Å². The van der Waals surface area contributed by atoms with Crippen LogP contribution in [0.5, 0.6) is 0 Å². The maximum atomic E-state index is 11.5. The molecule has 1 aromatic rings. The summed E-state index contributed by atoms with van der Waals surface area (Å²) in [5.74, 6) is 0.242. The topological polar surface area (TPSA) is 47.4 Å². The zero-order chi connectivity index (χ0) is 12.3. The van der Waals surface area contributed by atoms with E-state index >= 15 is 0 Å². The first-order valence-corrected chi connectivity index (χ1v) is 6.05. The quantitative estimate of drug-likeness (QED) is 0.778. The van der Waals surface area contributed by atoms with Crippen LogP contribution in [-0.2, 0) is 4.79 Å². The summed E-state index contributed by atoms with van der Waals surface area (Å²) in [6, 6.07) is 7.55. The van der Waals surface area contributed by atoms with Crippen molar-refractivity contribution in [1.82, 2.24) is 10.6 Å². The Morgan fingerprint density at radius 1 is 1.18 bits per heavy atom. The number of hydrogen-bond donors (Lipinski definition) is 0. The molecule has 4 heteroatoms. The summed E-state index contributed by atoms with van der Waals surface area (Å²) in [5, 5.41) is 0. The van der Waals surface area contributed by atoms with Crippen molar-refractivity contribution in [2.75, 3.05) is 31.1 Å². The lowest BCUT2D eigenvalue weighted by Crippen LogP contribution is -2.48. The second-order valence-corrected chi connectivity index (χ2v) is 4.27. The summed E-state index contributed by atoms with van der Waals surface area (Å²) >= 11 is 0. The Morgan fingerprint density at radius 2 is 1.76 bits per heavy atom. The van der Waals surface area contributed by atoms with E-state index in [1.807, 2.05) is 24.0 Å². The molecule has 1 radical (unpaired) electrons. The maximum Gasteiger partial charge on any atom is 0.222 e. The highest BCUT2D eigenvalue weighted by molar-refractivity contribution is 5.76. The van der Waals surface area contributed by atoms with Gasteiger partial charge in [-0.05, 0) is 24.3 Å². The maximum absolute atomic E-state index is 11.5. The molecular formula is C13H18N3O. The Balaban J connectivity index is 1.95. The summed E-state index contributed by atoms with van der Waals surface area (Å²) in [5.41, 5.74) is 9.13. The highest BCUT2D eigenvalue weighted by atomic mass is 16.2. The molecule has 17 heavy (non-hydrogen) atoms. The Hall–Kier alpha value is -1.71. The Labute approximate surface area is 102 Å². The van der Waals surface area contributed by atoms with Gasteiger partial charge in [0, 0.05) is 38.3 Å². The molecule has 1 aromatic carbocycles. The molecule has 91 valence electrons. The fraction of sp³-hybridized carbons (Fsp3) is 0.462. The van der Waals surface area contributed by atoms with E-state index in [4.69, 9.17) is 5.73 Å². The van der Waals surface area contributed by atoms with Gasteiger partial charge in [-0.25, -0.2) is 0 Å². The van der Waals surface area contributed by atoms with E-state index in [9.17, 15) is 4.79 Å². The fourth-order valence-corrected chi connectivity index (χ4v) is 2.11. The van der Waals surface area contributed by atoms with Crippen LogP contribution in [0.1, 0.15) is 13.3 Å². The second-order valence-electron chi connectivity index (χ2n) is 4.27. The largest absolute Gasteiger partial charge is 0.368 e. The number of nitrogens with zero attached hydrogens (tertiary/aromatic N) is 2. The van der Waals surface area contributed by atoms with Crippen LogP contribution in [-0.4, -0.2) is 37.0 Å². The molecule has 0 saturated carbocycles. The molecule has 0 bridgehead atoms. The zero-order valence-corrected chi connectivity index (χ0v) is 10.1. The van der Waals surface area contributed by atoms with Crippen molar-refractivity contribution in [2.45, 2.75) is 13.3 Å². The number of hydrogen-bond acceptors (Lipinski definition) is 2. The van der Waals surface area contributed by atoms with Crippen molar-refractivity contribution in [1.29, 1.82) is 0 Å². The molecule has 1 N–H and O–H groups in total. The smallest absolute Gasteiger partial charge is 0.222 e. The Kier molecular flexibility index (Phi) is 3.52. The van der Waals surface area contributed by atoms with Gasteiger partial charge in [-0.1, -0.05) is 6.92 Å². The number of nitrogens with one attached hydrogen (secondary N) is 1. The van der Waals surface area contributed by atoms with Crippen molar-refractivity contribution in [3.05, 3.63) is 24.3 Å². The number of carbonyl (C=O) groups excluding carboxylic acids is 1. The molecule has 1 amide bonds. The van der Waals surface area contributed by atoms with E-state index in [0.717, 1.165) is 31.9 Å². The van der Waals surface area contributed by atoms with Crippen LogP contribution in [0.15, 0.2) is 24.3 Å². The van der Waals surface area contributed by atoms with Gasteiger partial charge in [-0.15, -0.1) is 0 Å². The van der Waals surface area contributed by atoms with Crippen molar-refractivity contribution in [3.8, 4) is 0 Å². The molecule has 1 saturated heterocycles. The van der Waals surface area contributed by atoms with Gasteiger partial charge in [0.2, 0.25) is 5.91 Å². The molecule has 0 spiro atoms. The molecular weight excluding hydrogens is 214 g/mol. The van der Waals surface area contributed by atoms with Gasteiger partial charge < -0.3 is 15.5 Å². The average molecular weight is 232 g/mol. The predicted octanol–water partition coefficient (Wildman–Crippen LogP) is 1.66. The van der Waals surface area contributed by atoms with Crippen LogP contribution in [0.2, 0.25) is 0 Å². The molecule has 1 fully saturated rings. The summed E-state index contributed by atoms with van der Waals surface area (Å²) in [6.07, 6.45) is 0.591. The monoisotopic (exact) mass is 232 g/mol. The van der Waals surface area contributed by atoms with E-state index in [-0.39, 0.29) is 5.91 Å². The third kappa shape index (κ3) is 2.70. The van der Waals surface area contributed by atoms with Crippen LogP contribution in [0.3, 0.4) is 0 Å². The number of piperazine rings is 1. The van der Waals surface area contributed by atoms with Gasteiger partial charge >= 0.3 is 0 Å². The predicted molar refractivity (Wildman–Crippen MR) is 68.3 cm³/mol. The van der Waals surface area contributed by atoms with Crippen molar-refractivity contribution >= 4 is 17.3 Å². The third-order valence-electron chi connectivity index (χ3n) is 3.17. The average Bonchev–Trinajstić information content (AvgIpc) is 2.39. The summed E-state index contributed by atoms with van der Waals surface area (Å²) in [6.45, 7) is 5.26. The molecule has 0 atom stereocenters. The lowest BCUT2D eigenvalue weighted by atomic mass is 10.2. The summed E-state index contributed by atoms with van der Waals surface area (Å²) in [4.78, 5) is 15.7. The highest BCUT2D eigenvalue weighted by Gasteiger charge is 2.19. The van der Waals surface area contributed by atoms with Gasteiger partial charge in [0.1, 0.15) is 0 Å². The van der Waals surface area contributed by atoms with E-state index in [2.05, 4.69) is 4.90 Å². The molecule has 0 aliphatic carbocycles. The molecule has 4 nitrogen and oxygen atoms in total. The van der Waals surface area contributed by atoms with Crippen LogP contribution in [0.4, 0.5) is 11.4 Å². The number of carbonyl (C=O) groups is 1. The van der Waals surface area contributed by atoms with Crippen LogP contribution in [0.25, 0.3) is 0 Å². The molecule has 1 aliphatic rings. The molecule has 1 heterocycles. The zero-order valence-electron chi connectivity index (χ0n) is 10.1. The third-order valence-corrected chi connectivity index (χ3v) is 3.17. The number of rotatable bonds is 2. The van der Waals surface area contributed by atoms with E-state index in [1.54, 1.807) is 12.1 Å². The summed E-state index contributed by atoms with van der Waals surface area (Å²) in [7, 11) is 0. The van der Waals surface area contributed by atoms with E-state index in [1.165, 1.54) is 0 Å². The molecule has 2 rings (SSSR count). The Bertz CT molecular complexity index is 380. The number of benzene rings is 1. The SMILES string of the molecule is CCC(=O)N1CCN(c2ccc([NH])cc2)CC1. The number of anilines is 1. The van der Waals surface area contributed by atoms with Gasteiger partial charge in [0.05, 0.1) is 5.69 Å². The van der Waals surface area contributed by atoms with Gasteiger partial charge in [0.25, 0.3) is 0 Å². The fourth-order valence-electron chi connectivity index (χ4n) is 2.11. The van der Waals surface area contributed by atoms with E-state index < -0.39 is 0 Å². The summed E-state index contributed by atoms with van der Waals surface area (Å²) < 4.78 is 0. The first-order chi connectivity index (χ1) is 8.20. The van der Waals surface area contributed by atoms with Crippen molar-refractivity contribution in [3.63, 3.8) is 0 Å². The van der Waals surface area contributed by atoms with Crippen molar-refractivity contribution in [2.24, 2.45) is 0 Å². The van der Waals surface area contributed by atoms with Crippen LogP contribution in [0, 0.1) is 0 Å². The van der Waals surface area contributed by atoms with Gasteiger partial charge in [0.15, 0.2) is 0 Å². The molecule has 0 aromatic heterocycles. The number of amides is 1. The molecule has 1 aliphatic heterocycles. The molecule has 0 unspecified atom stereocenters. The first kappa shape index (κ1) is 11.8. The minimum absolute atomic E-state index is 0.242. The standard InChI is InChI=1S/C13H18N3O/c1-2-13(17)16-9-7-15(8-10-16)12-5-3-11(14)4-6-12/h3-6,14H,2,7-10H2,1H3. The first-order valence-electron chi connectivity index (χ1n) is 6.05. The minimum Gasteiger partial charge on any atom is -0.368 e. The second kappa shape index (κ2) is 5.08. The highest BCUT2D eigenvalue weighted by Crippen LogP contribution is 2.18. The normalized spacial score (nSPS) is 16.1. The van der Waals surface area contributed by atoms with Crippen LogP contribution < -0.4 is 10.6 Å². The van der Waals surface area contributed by atoms with Gasteiger partial charge in [-0.3, -0.25) is 4.79 Å². The van der Waals surface area contributed by atoms with Crippen LogP contribution >= 0.6 is 0 Å². The van der Waals surface area contributed by atoms with Gasteiger partial charge in [-0.2, -0.15) is 0 Å². The minimum atomic E-state index is 0.242. The van der Waals surface area contributed by atoms with Crippen molar-refractivity contribution < 1.29 is 4.79 Å².